The molecule has 1 aliphatic heterocycles. The van der Waals surface area contributed by atoms with Gasteiger partial charge >= 0.3 is 6.09 Å². The average Bonchev–Trinajstić information content (AvgIpc) is 2.89. The predicted molar refractivity (Wildman–Crippen MR) is 89.2 cm³/mol. The molecule has 22 heavy (non-hydrogen) atoms. The molecule has 0 radical (unpaired) electrons. The van der Waals surface area contributed by atoms with E-state index in [9.17, 15) is 4.79 Å². The van der Waals surface area contributed by atoms with Gasteiger partial charge in [0.25, 0.3) is 0 Å². The fourth-order valence-corrected chi connectivity index (χ4v) is 4.49. The first-order valence-electron chi connectivity index (χ1n) is 7.55. The second-order valence-corrected chi connectivity index (χ2v) is 9.24. The fraction of sp³-hybridized carbons (Fsp3) is 0.786. The number of ether oxygens (including phenoxy) is 1. The molecule has 1 amide bonds. The Kier molecular flexibility index (Phi) is 4.33. The smallest absolute Gasteiger partial charge is 0.407 e. The van der Waals surface area contributed by atoms with E-state index in [-0.39, 0.29) is 12.1 Å². The molecule has 2 bridgehead atoms. The molecule has 1 saturated carbocycles. The first kappa shape index (κ1) is 16.0. The third-order valence-corrected chi connectivity index (χ3v) is 5.59. The molecule has 1 aromatic rings. The van der Waals surface area contributed by atoms with Gasteiger partial charge < -0.3 is 15.0 Å². The van der Waals surface area contributed by atoms with Crippen LogP contribution >= 0.6 is 27.3 Å². The monoisotopic (exact) mass is 388 g/mol. The number of amides is 1. The van der Waals surface area contributed by atoms with Gasteiger partial charge in [-0.1, -0.05) is 11.3 Å². The molecular weight excluding hydrogens is 368 g/mol. The summed E-state index contributed by atoms with van der Waals surface area (Å²) in [5, 5.41) is 12.3. The summed E-state index contributed by atoms with van der Waals surface area (Å²) in [6.45, 7) is 7.49. The van der Waals surface area contributed by atoms with E-state index in [0.29, 0.717) is 11.8 Å². The van der Waals surface area contributed by atoms with Crippen molar-refractivity contribution in [1.29, 1.82) is 0 Å². The Morgan fingerprint density at radius 3 is 2.45 bits per heavy atom. The van der Waals surface area contributed by atoms with Crippen molar-refractivity contribution in [3.63, 3.8) is 0 Å². The van der Waals surface area contributed by atoms with Crippen LogP contribution in [0.5, 0.6) is 0 Å². The average molecular weight is 389 g/mol. The van der Waals surface area contributed by atoms with E-state index in [1.54, 1.807) is 11.3 Å². The number of carbonyl (C=O) groups excluding carboxylic acids is 1. The van der Waals surface area contributed by atoms with Crippen LogP contribution in [-0.2, 0) is 4.74 Å². The van der Waals surface area contributed by atoms with Gasteiger partial charge in [0.15, 0.2) is 3.92 Å². The molecule has 1 N–H and O–H groups in total. The van der Waals surface area contributed by atoms with Crippen LogP contribution in [0.1, 0.15) is 33.6 Å². The number of rotatable bonds is 2. The van der Waals surface area contributed by atoms with E-state index in [0.717, 1.165) is 35.0 Å². The van der Waals surface area contributed by atoms with Gasteiger partial charge in [-0.25, -0.2) is 4.79 Å². The zero-order valence-corrected chi connectivity index (χ0v) is 15.4. The third kappa shape index (κ3) is 3.53. The minimum atomic E-state index is -0.456. The molecule has 3 atom stereocenters. The van der Waals surface area contributed by atoms with Gasteiger partial charge in [0.2, 0.25) is 5.13 Å². The predicted octanol–water partition coefficient (Wildman–Crippen LogP) is 3.04. The summed E-state index contributed by atoms with van der Waals surface area (Å²) >= 11 is 4.92. The van der Waals surface area contributed by atoms with E-state index < -0.39 is 5.60 Å². The number of anilines is 1. The summed E-state index contributed by atoms with van der Waals surface area (Å²) < 4.78 is 6.20. The number of fused-ring (bicyclic) bond motifs is 2. The molecule has 1 aliphatic carbocycles. The van der Waals surface area contributed by atoms with Crippen molar-refractivity contribution in [2.75, 3.05) is 18.0 Å². The number of carbonyl (C=O) groups is 1. The van der Waals surface area contributed by atoms with Crippen molar-refractivity contribution in [2.24, 2.45) is 11.8 Å². The minimum Gasteiger partial charge on any atom is -0.444 e. The van der Waals surface area contributed by atoms with Crippen LogP contribution in [0.3, 0.4) is 0 Å². The maximum absolute atomic E-state index is 12.0. The zero-order chi connectivity index (χ0) is 15.9. The number of nitrogens with zero attached hydrogens (tertiary/aromatic N) is 3. The van der Waals surface area contributed by atoms with Crippen LogP contribution in [0.25, 0.3) is 0 Å². The highest BCUT2D eigenvalue weighted by Gasteiger charge is 2.44. The molecule has 122 valence electrons. The summed E-state index contributed by atoms with van der Waals surface area (Å²) in [6.07, 6.45) is 1.98. The molecule has 2 heterocycles. The standard InChI is InChI=1S/C14H21BrN4O2S/c1-14(2,3)21-13(20)16-10-8-4-5-9(10)7-19(6-8)12-18-17-11(15)22-12/h8-10H,4-7H2,1-3H3,(H,16,20)/t8-,9+,10-. The fourth-order valence-electron chi connectivity index (χ4n) is 3.38. The molecule has 1 aromatic heterocycles. The Labute approximate surface area is 142 Å². The molecule has 2 fully saturated rings. The highest BCUT2D eigenvalue weighted by atomic mass is 79.9. The van der Waals surface area contributed by atoms with Crippen molar-refractivity contribution >= 4 is 38.5 Å². The number of piperidine rings is 1. The van der Waals surface area contributed by atoms with Gasteiger partial charge in [-0.2, -0.15) is 0 Å². The van der Waals surface area contributed by atoms with E-state index in [2.05, 4.69) is 36.3 Å². The molecule has 6 nitrogen and oxygen atoms in total. The van der Waals surface area contributed by atoms with Crippen molar-refractivity contribution in [3.8, 4) is 0 Å². The van der Waals surface area contributed by atoms with E-state index >= 15 is 0 Å². The topological polar surface area (TPSA) is 67.3 Å². The van der Waals surface area contributed by atoms with Gasteiger partial charge in [0.05, 0.1) is 0 Å². The van der Waals surface area contributed by atoms with Crippen LogP contribution < -0.4 is 10.2 Å². The summed E-state index contributed by atoms with van der Waals surface area (Å²) in [4.78, 5) is 14.3. The van der Waals surface area contributed by atoms with Crippen LogP contribution in [0.2, 0.25) is 0 Å². The molecule has 0 spiro atoms. The second kappa shape index (κ2) is 5.96. The van der Waals surface area contributed by atoms with Crippen molar-refractivity contribution < 1.29 is 9.53 Å². The lowest BCUT2D eigenvalue weighted by atomic mass is 9.92. The SMILES string of the molecule is CC(C)(C)OC(=O)N[C@@H]1[C@@H]2CC[C@H]1CN(c1nnc(Br)s1)C2. The maximum Gasteiger partial charge on any atom is 0.407 e. The van der Waals surface area contributed by atoms with Gasteiger partial charge in [-0.05, 0) is 61.4 Å². The summed E-state index contributed by atoms with van der Waals surface area (Å²) in [6, 6.07) is 0.211. The summed E-state index contributed by atoms with van der Waals surface area (Å²) in [7, 11) is 0. The van der Waals surface area contributed by atoms with Crippen LogP contribution in [0.4, 0.5) is 9.93 Å². The minimum absolute atomic E-state index is 0.211. The van der Waals surface area contributed by atoms with Gasteiger partial charge in [0.1, 0.15) is 5.60 Å². The number of nitrogens with one attached hydrogen (secondary N) is 1. The van der Waals surface area contributed by atoms with Gasteiger partial charge in [-0.15, -0.1) is 10.2 Å². The first-order chi connectivity index (χ1) is 10.3. The third-order valence-electron chi connectivity index (χ3n) is 4.18. The highest BCUT2D eigenvalue weighted by molar-refractivity contribution is 9.11. The summed E-state index contributed by atoms with van der Waals surface area (Å²) in [5.74, 6) is 0.905. The molecule has 1 saturated heterocycles. The lowest BCUT2D eigenvalue weighted by Crippen LogP contribution is -2.53. The van der Waals surface area contributed by atoms with Crippen molar-refractivity contribution in [3.05, 3.63) is 3.92 Å². The van der Waals surface area contributed by atoms with Crippen LogP contribution in [0, 0.1) is 11.8 Å². The van der Waals surface area contributed by atoms with Crippen LogP contribution in [0.15, 0.2) is 3.92 Å². The molecule has 0 aromatic carbocycles. The number of hydrogen-bond acceptors (Lipinski definition) is 6. The number of alkyl carbamates (subject to hydrolysis) is 1. The lowest BCUT2D eigenvalue weighted by Gasteiger charge is -2.38. The normalized spacial score (nSPS) is 27.8. The lowest BCUT2D eigenvalue weighted by molar-refractivity contribution is 0.0472. The van der Waals surface area contributed by atoms with Gasteiger partial charge in [-0.3, -0.25) is 0 Å². The molecule has 0 unspecified atom stereocenters. The Morgan fingerprint density at radius 2 is 1.95 bits per heavy atom. The number of hydrogen-bond donors (Lipinski definition) is 1. The van der Waals surface area contributed by atoms with E-state index in [1.807, 2.05) is 20.8 Å². The molecular formula is C14H21BrN4O2S. The highest BCUT2D eigenvalue weighted by Crippen LogP contribution is 2.39. The Balaban J connectivity index is 1.62. The molecule has 3 rings (SSSR count). The molecule has 8 heteroatoms. The van der Waals surface area contributed by atoms with Crippen LogP contribution in [-0.4, -0.2) is 41.0 Å². The Hall–Kier alpha value is -0.890. The van der Waals surface area contributed by atoms with Crippen molar-refractivity contribution in [1.82, 2.24) is 15.5 Å². The molecule has 2 aliphatic rings. The number of halogens is 1. The van der Waals surface area contributed by atoms with E-state index in [4.69, 9.17) is 4.74 Å². The quantitative estimate of drug-likeness (QED) is 0.842. The van der Waals surface area contributed by atoms with Crippen molar-refractivity contribution in [2.45, 2.75) is 45.3 Å². The summed E-state index contributed by atoms with van der Waals surface area (Å²) in [5.41, 5.74) is -0.456. The Morgan fingerprint density at radius 1 is 1.32 bits per heavy atom. The Bertz CT molecular complexity index is 545. The largest absolute Gasteiger partial charge is 0.444 e. The number of aromatic nitrogens is 2. The zero-order valence-electron chi connectivity index (χ0n) is 13.0. The van der Waals surface area contributed by atoms with E-state index in [1.165, 1.54) is 0 Å². The first-order valence-corrected chi connectivity index (χ1v) is 9.16. The second-order valence-electron chi connectivity index (χ2n) is 7.01. The van der Waals surface area contributed by atoms with Gasteiger partial charge in [0, 0.05) is 19.1 Å². The maximum atomic E-state index is 12.0.